The van der Waals surface area contributed by atoms with Gasteiger partial charge in [-0.1, -0.05) is 15.9 Å². The lowest BCUT2D eigenvalue weighted by Crippen LogP contribution is -2.30. The highest BCUT2D eigenvalue weighted by atomic mass is 79.9. The van der Waals surface area contributed by atoms with Crippen molar-refractivity contribution in [2.45, 2.75) is 11.0 Å². The molecule has 0 atom stereocenters. The van der Waals surface area contributed by atoms with Crippen LogP contribution in [0.2, 0.25) is 0 Å². The van der Waals surface area contributed by atoms with Gasteiger partial charge in [-0.05, 0) is 23.8 Å². The molecule has 0 aliphatic carbocycles. The van der Waals surface area contributed by atoms with Gasteiger partial charge in [0, 0.05) is 10.2 Å². The van der Waals surface area contributed by atoms with Crippen LogP contribution >= 0.6 is 27.7 Å². The largest absolute Gasteiger partial charge is 0.379 e. The van der Waals surface area contributed by atoms with Crippen molar-refractivity contribution in [3.05, 3.63) is 34.1 Å². The SMILES string of the molecule is Fc1cc(Br)cc(CSC2COC2)c1. The number of halogens is 2. The monoisotopic (exact) mass is 276 g/mol. The molecule has 1 aromatic carbocycles. The normalized spacial score (nSPS) is 16.7. The molecule has 0 amide bonds. The maximum atomic E-state index is 13.0. The third-order valence-corrected chi connectivity index (χ3v) is 3.72. The van der Waals surface area contributed by atoms with Crippen molar-refractivity contribution in [3.8, 4) is 0 Å². The lowest BCUT2D eigenvalue weighted by Gasteiger charge is -2.25. The first-order valence-corrected chi connectivity index (χ1v) is 6.22. The van der Waals surface area contributed by atoms with E-state index in [2.05, 4.69) is 15.9 Å². The number of thioether (sulfide) groups is 1. The highest BCUT2D eigenvalue weighted by Crippen LogP contribution is 2.25. The smallest absolute Gasteiger partial charge is 0.124 e. The molecule has 1 aliphatic rings. The first-order chi connectivity index (χ1) is 6.74. The summed E-state index contributed by atoms with van der Waals surface area (Å²) in [5.74, 6) is 0.671. The first kappa shape index (κ1) is 10.5. The number of benzene rings is 1. The quantitative estimate of drug-likeness (QED) is 0.839. The molecule has 0 N–H and O–H groups in total. The van der Waals surface area contributed by atoms with Gasteiger partial charge in [0.2, 0.25) is 0 Å². The molecular weight excluding hydrogens is 267 g/mol. The van der Waals surface area contributed by atoms with Crippen molar-refractivity contribution in [1.82, 2.24) is 0 Å². The zero-order valence-electron chi connectivity index (χ0n) is 7.50. The van der Waals surface area contributed by atoms with Crippen LogP contribution in [0.25, 0.3) is 0 Å². The summed E-state index contributed by atoms with van der Waals surface area (Å²) in [6.45, 7) is 1.67. The summed E-state index contributed by atoms with van der Waals surface area (Å²) in [7, 11) is 0. The van der Waals surface area contributed by atoms with E-state index in [-0.39, 0.29) is 5.82 Å². The van der Waals surface area contributed by atoms with Crippen molar-refractivity contribution < 1.29 is 9.13 Å². The predicted octanol–water partition coefficient (Wildman–Crippen LogP) is 3.22. The molecule has 14 heavy (non-hydrogen) atoms. The van der Waals surface area contributed by atoms with Gasteiger partial charge in [0.05, 0.1) is 18.5 Å². The van der Waals surface area contributed by atoms with E-state index in [0.717, 1.165) is 29.0 Å². The van der Waals surface area contributed by atoms with E-state index in [9.17, 15) is 4.39 Å². The third kappa shape index (κ3) is 2.72. The molecule has 4 heteroatoms. The molecule has 1 saturated heterocycles. The number of hydrogen-bond donors (Lipinski definition) is 0. The van der Waals surface area contributed by atoms with Crippen LogP contribution in [0.4, 0.5) is 4.39 Å². The first-order valence-electron chi connectivity index (χ1n) is 4.38. The lowest BCUT2D eigenvalue weighted by atomic mass is 10.2. The van der Waals surface area contributed by atoms with Crippen molar-refractivity contribution in [2.75, 3.05) is 13.2 Å². The van der Waals surface area contributed by atoms with Gasteiger partial charge in [-0.25, -0.2) is 4.39 Å². The average molecular weight is 277 g/mol. The van der Waals surface area contributed by atoms with E-state index in [4.69, 9.17) is 4.74 Å². The standard InChI is InChI=1S/C10H10BrFOS/c11-8-1-7(2-9(12)3-8)6-14-10-4-13-5-10/h1-3,10H,4-6H2. The lowest BCUT2D eigenvalue weighted by molar-refractivity contribution is 0.0455. The number of ether oxygens (including phenoxy) is 1. The summed E-state index contributed by atoms with van der Waals surface area (Å²) in [6.07, 6.45) is 0. The molecule has 1 nitrogen and oxygen atoms in total. The number of hydrogen-bond acceptors (Lipinski definition) is 2. The fraction of sp³-hybridized carbons (Fsp3) is 0.400. The van der Waals surface area contributed by atoms with Crippen molar-refractivity contribution >= 4 is 27.7 Å². The van der Waals surface area contributed by atoms with Crippen LogP contribution in [-0.4, -0.2) is 18.5 Å². The van der Waals surface area contributed by atoms with Crippen LogP contribution in [0.15, 0.2) is 22.7 Å². The molecule has 0 radical (unpaired) electrons. The van der Waals surface area contributed by atoms with Gasteiger partial charge in [0.1, 0.15) is 5.82 Å². The van der Waals surface area contributed by atoms with E-state index < -0.39 is 0 Å². The Balaban J connectivity index is 1.94. The summed E-state index contributed by atoms with van der Waals surface area (Å²) in [5.41, 5.74) is 1.02. The molecule has 1 aromatic rings. The molecule has 0 aromatic heterocycles. The Kier molecular flexibility index (Phi) is 3.47. The summed E-state index contributed by atoms with van der Waals surface area (Å²) in [4.78, 5) is 0. The van der Waals surface area contributed by atoms with Crippen LogP contribution < -0.4 is 0 Å². The second-order valence-corrected chi connectivity index (χ2v) is 5.45. The van der Waals surface area contributed by atoms with Crippen LogP contribution in [0.5, 0.6) is 0 Å². The number of rotatable bonds is 3. The minimum absolute atomic E-state index is 0.181. The Bertz CT molecular complexity index is 308. The van der Waals surface area contributed by atoms with E-state index >= 15 is 0 Å². The zero-order chi connectivity index (χ0) is 9.97. The van der Waals surface area contributed by atoms with Gasteiger partial charge in [-0.2, -0.15) is 0 Å². The Morgan fingerprint density at radius 1 is 1.43 bits per heavy atom. The Hall–Kier alpha value is -0.0600. The highest BCUT2D eigenvalue weighted by Gasteiger charge is 2.18. The Labute approximate surface area is 95.2 Å². The molecular formula is C10H10BrFOS. The van der Waals surface area contributed by atoms with E-state index in [1.54, 1.807) is 6.07 Å². The average Bonchev–Trinajstić information content (AvgIpc) is 1.99. The molecule has 1 fully saturated rings. The summed E-state index contributed by atoms with van der Waals surface area (Å²) >= 11 is 5.10. The minimum atomic E-state index is -0.181. The van der Waals surface area contributed by atoms with Gasteiger partial charge < -0.3 is 4.74 Å². The highest BCUT2D eigenvalue weighted by molar-refractivity contribution is 9.10. The van der Waals surface area contributed by atoms with Gasteiger partial charge in [0.25, 0.3) is 0 Å². The molecule has 0 unspecified atom stereocenters. The fourth-order valence-corrected chi connectivity index (χ4v) is 2.71. The second-order valence-electron chi connectivity index (χ2n) is 3.25. The molecule has 0 spiro atoms. The topological polar surface area (TPSA) is 9.23 Å². The molecule has 2 rings (SSSR count). The van der Waals surface area contributed by atoms with Crippen LogP contribution in [-0.2, 0) is 10.5 Å². The van der Waals surface area contributed by atoms with E-state index in [1.807, 2.05) is 17.8 Å². The molecule has 1 aliphatic heterocycles. The predicted molar refractivity (Wildman–Crippen MR) is 60.0 cm³/mol. The molecule has 76 valence electrons. The third-order valence-electron chi connectivity index (χ3n) is 2.02. The minimum Gasteiger partial charge on any atom is -0.379 e. The van der Waals surface area contributed by atoms with Crippen LogP contribution in [0, 0.1) is 5.82 Å². The van der Waals surface area contributed by atoms with Crippen LogP contribution in [0.3, 0.4) is 0 Å². The summed E-state index contributed by atoms with van der Waals surface area (Å²) < 4.78 is 18.9. The molecule has 0 bridgehead atoms. The molecule has 0 saturated carbocycles. The van der Waals surface area contributed by atoms with Crippen molar-refractivity contribution in [1.29, 1.82) is 0 Å². The summed E-state index contributed by atoms with van der Waals surface area (Å²) in [5, 5.41) is 0.594. The maximum absolute atomic E-state index is 13.0. The van der Waals surface area contributed by atoms with Gasteiger partial charge in [0.15, 0.2) is 0 Å². The van der Waals surface area contributed by atoms with E-state index in [1.165, 1.54) is 6.07 Å². The summed E-state index contributed by atoms with van der Waals surface area (Å²) in [6, 6.07) is 5.01. The van der Waals surface area contributed by atoms with Gasteiger partial charge >= 0.3 is 0 Å². The Morgan fingerprint density at radius 2 is 2.21 bits per heavy atom. The Morgan fingerprint density at radius 3 is 2.79 bits per heavy atom. The van der Waals surface area contributed by atoms with Gasteiger partial charge in [-0.15, -0.1) is 11.8 Å². The van der Waals surface area contributed by atoms with Crippen LogP contribution in [0.1, 0.15) is 5.56 Å². The van der Waals surface area contributed by atoms with E-state index in [0.29, 0.717) is 5.25 Å². The fourth-order valence-electron chi connectivity index (χ4n) is 1.22. The van der Waals surface area contributed by atoms with Gasteiger partial charge in [-0.3, -0.25) is 0 Å². The zero-order valence-corrected chi connectivity index (χ0v) is 9.91. The van der Waals surface area contributed by atoms with Crippen molar-refractivity contribution in [3.63, 3.8) is 0 Å². The second kappa shape index (κ2) is 4.64. The maximum Gasteiger partial charge on any atom is 0.124 e. The molecule has 1 heterocycles. The van der Waals surface area contributed by atoms with Crippen molar-refractivity contribution in [2.24, 2.45) is 0 Å².